The van der Waals surface area contributed by atoms with Crippen molar-refractivity contribution >= 4 is 23.2 Å². The van der Waals surface area contributed by atoms with Gasteiger partial charge in [-0.1, -0.05) is 30.8 Å². The normalized spacial score (nSPS) is 12.5. The van der Waals surface area contributed by atoms with Gasteiger partial charge in [-0.2, -0.15) is 5.26 Å². The lowest BCUT2D eigenvalue weighted by atomic mass is 10.1. The largest absolute Gasteiger partial charge is 0.382 e. The Morgan fingerprint density at radius 2 is 1.89 bits per heavy atom. The number of halogens is 1. The van der Waals surface area contributed by atoms with Crippen molar-refractivity contribution in [2.75, 3.05) is 25.0 Å². The lowest BCUT2D eigenvalue weighted by Crippen LogP contribution is -2.38. The molecule has 1 aliphatic heterocycles. The van der Waals surface area contributed by atoms with Gasteiger partial charge >= 0.3 is 0 Å². The van der Waals surface area contributed by atoms with E-state index < -0.39 is 5.82 Å². The highest BCUT2D eigenvalue weighted by Gasteiger charge is 2.31. The Morgan fingerprint density at radius 1 is 1.15 bits per heavy atom. The average molecular weight is 364 g/mol. The first kappa shape index (κ1) is 18.1. The maximum atomic E-state index is 13.5. The van der Waals surface area contributed by atoms with Crippen molar-refractivity contribution in [3.05, 3.63) is 71.6 Å². The van der Waals surface area contributed by atoms with Crippen LogP contribution < -0.4 is 10.6 Å². The first-order valence-corrected chi connectivity index (χ1v) is 8.32. The molecule has 0 atom stereocenters. The number of amides is 2. The highest BCUT2D eigenvalue weighted by Crippen LogP contribution is 2.30. The summed E-state index contributed by atoms with van der Waals surface area (Å²) >= 11 is 0. The fourth-order valence-electron chi connectivity index (χ4n) is 2.89. The third-order valence-corrected chi connectivity index (χ3v) is 4.23. The Kier molecular flexibility index (Phi) is 5.18. The van der Waals surface area contributed by atoms with Gasteiger partial charge in [-0.05, 0) is 18.2 Å². The molecular formula is C20H17FN4O2. The number of nitriles is 1. The summed E-state index contributed by atoms with van der Waals surface area (Å²) in [5.74, 6) is -1.18. The van der Waals surface area contributed by atoms with Crippen molar-refractivity contribution in [1.82, 2.24) is 10.2 Å². The second-order valence-corrected chi connectivity index (χ2v) is 5.93. The molecule has 7 heteroatoms. The van der Waals surface area contributed by atoms with Crippen molar-refractivity contribution < 1.29 is 14.0 Å². The Bertz CT molecular complexity index is 930. The molecule has 2 N–H and O–H groups in total. The van der Waals surface area contributed by atoms with Crippen LogP contribution in [0.5, 0.6) is 0 Å². The van der Waals surface area contributed by atoms with Gasteiger partial charge < -0.3 is 10.6 Å². The number of hydrogen-bond donors (Lipinski definition) is 2. The minimum absolute atomic E-state index is 0.0689. The monoisotopic (exact) mass is 364 g/mol. The highest BCUT2D eigenvalue weighted by molar-refractivity contribution is 6.10. The summed E-state index contributed by atoms with van der Waals surface area (Å²) in [6.45, 7) is 4.32. The number of rotatable bonds is 6. The zero-order chi connectivity index (χ0) is 19.4. The van der Waals surface area contributed by atoms with E-state index in [0.29, 0.717) is 23.5 Å². The van der Waals surface area contributed by atoms with Crippen LogP contribution in [-0.4, -0.2) is 36.3 Å². The molecule has 1 heterocycles. The number of fused-ring (bicyclic) bond motifs is 1. The molecule has 3 rings (SSSR count). The van der Waals surface area contributed by atoms with Gasteiger partial charge in [0.05, 0.1) is 5.69 Å². The lowest BCUT2D eigenvalue weighted by molar-refractivity contribution is -0.121. The molecule has 2 aromatic carbocycles. The van der Waals surface area contributed by atoms with Crippen LogP contribution in [0.15, 0.2) is 49.0 Å². The van der Waals surface area contributed by atoms with E-state index in [9.17, 15) is 14.0 Å². The molecule has 0 radical (unpaired) electrons. The molecule has 0 fully saturated rings. The van der Waals surface area contributed by atoms with Gasteiger partial charge in [0, 0.05) is 29.9 Å². The third kappa shape index (κ3) is 3.65. The van der Waals surface area contributed by atoms with Gasteiger partial charge in [0.15, 0.2) is 0 Å². The smallest absolute Gasteiger partial charge is 0.259 e. The zero-order valence-electron chi connectivity index (χ0n) is 14.5. The van der Waals surface area contributed by atoms with Crippen LogP contribution in [-0.2, 0) is 4.79 Å². The number of carbonyl (C=O) groups excluding carboxylic acids is 2. The second kappa shape index (κ2) is 7.70. The summed E-state index contributed by atoms with van der Waals surface area (Å²) in [6, 6.07) is 13.2. The molecule has 0 aliphatic carbocycles. The van der Waals surface area contributed by atoms with Crippen LogP contribution in [0.1, 0.15) is 21.5 Å². The van der Waals surface area contributed by atoms with Gasteiger partial charge in [0.25, 0.3) is 5.91 Å². The molecule has 0 spiro atoms. The first-order chi connectivity index (χ1) is 13.0. The topological polar surface area (TPSA) is 85.2 Å². The van der Waals surface area contributed by atoms with E-state index in [2.05, 4.69) is 17.2 Å². The Balaban J connectivity index is 1.50. The van der Waals surface area contributed by atoms with Gasteiger partial charge in [-0.25, -0.2) is 4.39 Å². The van der Waals surface area contributed by atoms with E-state index in [1.165, 1.54) is 17.0 Å². The predicted octanol–water partition coefficient (Wildman–Crippen LogP) is 2.35. The summed E-state index contributed by atoms with van der Waals surface area (Å²) < 4.78 is 13.5. The fraction of sp³-hybridized carbons (Fsp3) is 0.150. The van der Waals surface area contributed by atoms with E-state index in [4.69, 9.17) is 5.26 Å². The van der Waals surface area contributed by atoms with Crippen molar-refractivity contribution in [1.29, 1.82) is 5.26 Å². The standard InChI is InChI=1S/C20H17FN4O2/c1-13-14-5-2-3-6-15(14)20(27)25(13)12-19(26)24-10-9-23-18-8-4-7-17(21)16(18)11-22/h2-8,23H,1,9-10,12H2,(H,24,26). The summed E-state index contributed by atoms with van der Waals surface area (Å²) in [5, 5.41) is 14.6. The Morgan fingerprint density at radius 3 is 2.59 bits per heavy atom. The van der Waals surface area contributed by atoms with Gasteiger partial charge in [-0.3, -0.25) is 14.5 Å². The summed E-state index contributed by atoms with van der Waals surface area (Å²) in [7, 11) is 0. The van der Waals surface area contributed by atoms with Crippen LogP contribution >= 0.6 is 0 Å². The van der Waals surface area contributed by atoms with Crippen LogP contribution in [0.2, 0.25) is 0 Å². The van der Waals surface area contributed by atoms with Crippen molar-refractivity contribution in [3.8, 4) is 6.07 Å². The maximum absolute atomic E-state index is 13.5. The lowest BCUT2D eigenvalue weighted by Gasteiger charge is -2.17. The average Bonchev–Trinajstić information content (AvgIpc) is 2.90. The molecule has 2 amide bonds. The molecule has 1 aliphatic rings. The van der Waals surface area contributed by atoms with E-state index in [1.54, 1.807) is 30.3 Å². The summed E-state index contributed by atoms with van der Waals surface area (Å²) in [6.07, 6.45) is 0. The molecule has 0 unspecified atom stereocenters. The number of anilines is 1. The number of hydrogen-bond acceptors (Lipinski definition) is 4. The number of nitrogens with zero attached hydrogens (tertiary/aromatic N) is 2. The number of carbonyl (C=O) groups is 2. The van der Waals surface area contributed by atoms with Crippen molar-refractivity contribution in [2.45, 2.75) is 0 Å². The van der Waals surface area contributed by atoms with E-state index in [0.717, 1.165) is 5.56 Å². The van der Waals surface area contributed by atoms with E-state index in [-0.39, 0.29) is 30.5 Å². The van der Waals surface area contributed by atoms with Crippen molar-refractivity contribution in [3.63, 3.8) is 0 Å². The van der Waals surface area contributed by atoms with Gasteiger partial charge in [-0.15, -0.1) is 0 Å². The second-order valence-electron chi connectivity index (χ2n) is 5.93. The third-order valence-electron chi connectivity index (χ3n) is 4.23. The molecule has 2 aromatic rings. The minimum Gasteiger partial charge on any atom is -0.382 e. The van der Waals surface area contributed by atoms with Crippen LogP contribution in [0.4, 0.5) is 10.1 Å². The fourth-order valence-corrected chi connectivity index (χ4v) is 2.89. The molecule has 0 bridgehead atoms. The minimum atomic E-state index is -0.600. The Hall–Kier alpha value is -3.66. The van der Waals surface area contributed by atoms with Crippen LogP contribution in [0.25, 0.3) is 5.70 Å². The quantitative estimate of drug-likeness (QED) is 0.771. The summed E-state index contributed by atoms with van der Waals surface area (Å²) in [4.78, 5) is 25.9. The van der Waals surface area contributed by atoms with Crippen molar-refractivity contribution in [2.24, 2.45) is 0 Å². The number of nitrogens with one attached hydrogen (secondary N) is 2. The molecule has 136 valence electrons. The molecule has 0 saturated heterocycles. The highest BCUT2D eigenvalue weighted by atomic mass is 19.1. The molecular weight excluding hydrogens is 347 g/mol. The first-order valence-electron chi connectivity index (χ1n) is 8.32. The predicted molar refractivity (Wildman–Crippen MR) is 99.1 cm³/mol. The molecule has 0 aromatic heterocycles. The van der Waals surface area contributed by atoms with Gasteiger partial charge in [0.1, 0.15) is 24.0 Å². The van der Waals surface area contributed by atoms with E-state index >= 15 is 0 Å². The van der Waals surface area contributed by atoms with E-state index in [1.807, 2.05) is 6.07 Å². The van der Waals surface area contributed by atoms with Crippen LogP contribution in [0.3, 0.4) is 0 Å². The molecule has 27 heavy (non-hydrogen) atoms. The zero-order valence-corrected chi connectivity index (χ0v) is 14.5. The van der Waals surface area contributed by atoms with Gasteiger partial charge in [0.2, 0.25) is 5.91 Å². The SMILES string of the molecule is C=C1c2ccccc2C(=O)N1CC(=O)NCCNc1cccc(F)c1C#N. The maximum Gasteiger partial charge on any atom is 0.259 e. The number of benzene rings is 2. The Labute approximate surface area is 155 Å². The van der Waals surface area contributed by atoms with Crippen LogP contribution in [0, 0.1) is 17.1 Å². The molecule has 6 nitrogen and oxygen atoms in total. The summed E-state index contributed by atoms with van der Waals surface area (Å²) in [5.41, 5.74) is 2.06. The molecule has 0 saturated carbocycles.